The molecule has 0 aliphatic rings. The predicted molar refractivity (Wildman–Crippen MR) is 205 cm³/mol. The maximum atomic E-state index is 13.3. The molecule has 304 valence electrons. The Kier molecular flexibility index (Phi) is 33.1. The van der Waals surface area contributed by atoms with Gasteiger partial charge in [-0.3, -0.25) is 19.4 Å². The zero-order valence-corrected chi connectivity index (χ0v) is 34.6. The molecule has 0 spiro atoms. The quantitative estimate of drug-likeness (QED) is 0.0163. The van der Waals surface area contributed by atoms with Crippen molar-refractivity contribution in [2.75, 3.05) is 40.9 Å². The van der Waals surface area contributed by atoms with Gasteiger partial charge in [0.2, 0.25) is 0 Å². The summed E-state index contributed by atoms with van der Waals surface area (Å²) in [5.74, 6) is -1.00. The number of phosphoric ester groups is 1. The van der Waals surface area contributed by atoms with E-state index in [4.69, 9.17) is 13.8 Å². The van der Waals surface area contributed by atoms with E-state index in [1.807, 2.05) is 21.1 Å². The fourth-order valence-electron chi connectivity index (χ4n) is 6.10. The summed E-state index contributed by atoms with van der Waals surface area (Å²) in [4.78, 5) is 42.9. The number of ketones is 1. The number of phosphoric acid groups is 1. The molecule has 0 rings (SSSR count). The number of Topliss-reactive ketones (excluding diaryl/α,β-unsaturated/α-hetero) is 1. The zero-order chi connectivity index (χ0) is 38.1. The number of hydrogen-bond acceptors (Lipinski definition) is 9. The van der Waals surface area contributed by atoms with E-state index in [1.165, 1.54) is 116 Å². The molecule has 0 aromatic carbocycles. The third-order valence-electron chi connectivity index (χ3n) is 9.47. The average Bonchev–Trinajstić information content (AvgIpc) is 3.07. The van der Waals surface area contributed by atoms with E-state index in [2.05, 4.69) is 18.7 Å². The summed E-state index contributed by atoms with van der Waals surface area (Å²) in [6.07, 6.45) is 27.9. The Morgan fingerprint density at radius 3 is 1.35 bits per heavy atom. The highest BCUT2D eigenvalue weighted by Gasteiger charge is 2.34. The van der Waals surface area contributed by atoms with Crippen molar-refractivity contribution in [3.8, 4) is 0 Å². The van der Waals surface area contributed by atoms with Gasteiger partial charge in [0.1, 0.15) is 13.2 Å². The Labute approximate surface area is 313 Å². The molecule has 0 amide bonds. The van der Waals surface area contributed by atoms with Crippen molar-refractivity contribution in [1.29, 1.82) is 0 Å². The Bertz CT molecular complexity index is 867. The molecular formula is C40H80NO9P. The molecule has 0 fully saturated rings. The minimum Gasteiger partial charge on any atom is -0.756 e. The standard InChI is InChI=1S/C40H80NO9P/c1-6-8-10-12-14-16-18-20-22-24-26-28-30-32-37(42)40(38(50-44)36-48-51(45,46)47-35-34-41(3,4)5)49-39(43)33-31-29-27-25-23-21-19-17-15-13-11-9-7-2/h38,40H,6-36H2,1-5H3,(H-,44,45,46)/t38-,40?/m0/s1. The average molecular weight is 750 g/mol. The highest BCUT2D eigenvalue weighted by molar-refractivity contribution is 7.45. The number of unbranched alkanes of at least 4 members (excludes halogenated alkanes) is 24. The van der Waals surface area contributed by atoms with Gasteiger partial charge in [-0.25, -0.2) is 4.89 Å². The number of likely N-dealkylation sites (N-methyl/N-ethyl adjacent to an activating group) is 1. The first-order valence-corrected chi connectivity index (χ1v) is 22.3. The maximum Gasteiger partial charge on any atom is 0.306 e. The summed E-state index contributed by atoms with van der Waals surface area (Å²) in [6.45, 7) is 4.09. The van der Waals surface area contributed by atoms with Crippen LogP contribution in [0, 0.1) is 0 Å². The Morgan fingerprint density at radius 1 is 0.608 bits per heavy atom. The van der Waals surface area contributed by atoms with Crippen LogP contribution in [-0.4, -0.2) is 74.6 Å². The first-order valence-electron chi connectivity index (χ1n) is 20.9. The van der Waals surface area contributed by atoms with Gasteiger partial charge < -0.3 is 23.2 Å². The van der Waals surface area contributed by atoms with Gasteiger partial charge in [0.05, 0.1) is 27.7 Å². The predicted octanol–water partition coefficient (Wildman–Crippen LogP) is 10.5. The Balaban J connectivity index is 4.71. The lowest BCUT2D eigenvalue weighted by Gasteiger charge is -2.29. The first-order chi connectivity index (χ1) is 24.5. The largest absolute Gasteiger partial charge is 0.756 e. The lowest BCUT2D eigenvalue weighted by molar-refractivity contribution is -0.870. The molecule has 0 heterocycles. The molecule has 11 heteroatoms. The fourth-order valence-corrected chi connectivity index (χ4v) is 6.81. The van der Waals surface area contributed by atoms with Gasteiger partial charge in [-0.05, 0) is 12.8 Å². The number of quaternary nitrogens is 1. The van der Waals surface area contributed by atoms with Gasteiger partial charge in [-0.2, -0.15) is 0 Å². The number of ether oxygens (including phenoxy) is 1. The summed E-state index contributed by atoms with van der Waals surface area (Å²) in [7, 11) is 0.947. The minimum absolute atomic E-state index is 0.0928. The fraction of sp³-hybridized carbons (Fsp3) is 0.950. The van der Waals surface area contributed by atoms with Crippen molar-refractivity contribution in [2.45, 2.75) is 206 Å². The highest BCUT2D eigenvalue weighted by Crippen LogP contribution is 2.38. The molecule has 1 N–H and O–H groups in total. The van der Waals surface area contributed by atoms with E-state index >= 15 is 0 Å². The molecule has 0 radical (unpaired) electrons. The Hall–Kier alpha value is -0.870. The first kappa shape index (κ1) is 50.1. The van der Waals surface area contributed by atoms with E-state index in [0.717, 1.165) is 38.5 Å². The normalized spacial score (nSPS) is 14.3. The van der Waals surface area contributed by atoms with Gasteiger partial charge >= 0.3 is 5.97 Å². The van der Waals surface area contributed by atoms with Crippen LogP contribution in [0.4, 0.5) is 0 Å². The minimum atomic E-state index is -4.75. The summed E-state index contributed by atoms with van der Waals surface area (Å²) in [5.41, 5.74) is 0. The molecule has 0 aromatic rings. The summed E-state index contributed by atoms with van der Waals surface area (Å²) < 4.78 is 28.3. The summed E-state index contributed by atoms with van der Waals surface area (Å²) in [6, 6.07) is 0. The molecule has 0 aromatic heterocycles. The number of nitrogens with zero attached hydrogens (tertiary/aromatic N) is 1. The molecule has 0 saturated heterocycles. The Morgan fingerprint density at radius 2 is 0.980 bits per heavy atom. The molecule has 2 unspecified atom stereocenters. The highest BCUT2D eigenvalue weighted by atomic mass is 31.2. The SMILES string of the molecule is CCCCCCCCCCCCCCCC(=O)OC(C(=O)CCCCCCCCCCCCCCC)[C@H](COP(=O)([O-])OCC[N+](C)(C)C)OO. The molecule has 0 saturated carbocycles. The third kappa shape index (κ3) is 33.4. The summed E-state index contributed by atoms with van der Waals surface area (Å²) in [5, 5.41) is 9.66. The topological polar surface area (TPSA) is 131 Å². The van der Waals surface area contributed by atoms with Gasteiger partial charge in [0.15, 0.2) is 18.0 Å². The van der Waals surface area contributed by atoms with Crippen LogP contribution < -0.4 is 4.89 Å². The van der Waals surface area contributed by atoms with Crippen molar-refractivity contribution in [3.63, 3.8) is 0 Å². The van der Waals surface area contributed by atoms with Crippen molar-refractivity contribution < 1.29 is 47.5 Å². The zero-order valence-electron chi connectivity index (χ0n) is 33.7. The molecule has 3 atom stereocenters. The van der Waals surface area contributed by atoms with Crippen LogP contribution in [0.2, 0.25) is 0 Å². The second-order valence-electron chi connectivity index (χ2n) is 15.6. The molecule has 0 bridgehead atoms. The van der Waals surface area contributed by atoms with E-state index in [9.17, 15) is 24.3 Å². The van der Waals surface area contributed by atoms with Crippen molar-refractivity contribution in [1.82, 2.24) is 0 Å². The van der Waals surface area contributed by atoms with Gasteiger partial charge in [-0.15, -0.1) is 0 Å². The van der Waals surface area contributed by atoms with Gasteiger partial charge in [-0.1, -0.05) is 168 Å². The third-order valence-corrected chi connectivity index (χ3v) is 10.4. The van der Waals surface area contributed by atoms with Crippen LogP contribution in [0.5, 0.6) is 0 Å². The summed E-state index contributed by atoms with van der Waals surface area (Å²) >= 11 is 0. The van der Waals surface area contributed by atoms with Crippen LogP contribution in [0.3, 0.4) is 0 Å². The van der Waals surface area contributed by atoms with Crippen LogP contribution in [-0.2, 0) is 32.8 Å². The van der Waals surface area contributed by atoms with Gasteiger partial charge in [0.25, 0.3) is 7.82 Å². The van der Waals surface area contributed by atoms with E-state index in [0.29, 0.717) is 23.9 Å². The second-order valence-corrected chi connectivity index (χ2v) is 17.0. The molecule has 0 aliphatic heterocycles. The monoisotopic (exact) mass is 750 g/mol. The number of carbonyl (C=O) groups is 2. The van der Waals surface area contributed by atoms with Crippen molar-refractivity contribution in [2.24, 2.45) is 0 Å². The number of carbonyl (C=O) groups excluding carboxylic acids is 2. The molecule has 51 heavy (non-hydrogen) atoms. The molecule has 0 aliphatic carbocycles. The van der Waals surface area contributed by atoms with E-state index < -0.39 is 38.4 Å². The van der Waals surface area contributed by atoms with E-state index in [-0.39, 0.29) is 19.4 Å². The van der Waals surface area contributed by atoms with Crippen LogP contribution in [0.15, 0.2) is 0 Å². The van der Waals surface area contributed by atoms with Crippen molar-refractivity contribution >= 4 is 19.6 Å². The maximum absolute atomic E-state index is 13.3. The molecule has 10 nitrogen and oxygen atoms in total. The van der Waals surface area contributed by atoms with Crippen molar-refractivity contribution in [3.05, 3.63) is 0 Å². The van der Waals surface area contributed by atoms with Crippen LogP contribution in [0.1, 0.15) is 194 Å². The van der Waals surface area contributed by atoms with E-state index in [1.54, 1.807) is 0 Å². The molecular weight excluding hydrogens is 669 g/mol. The lowest BCUT2D eigenvalue weighted by atomic mass is 10.0. The number of hydrogen-bond donors (Lipinski definition) is 1. The lowest BCUT2D eigenvalue weighted by Crippen LogP contribution is -2.42. The second kappa shape index (κ2) is 33.7. The van der Waals surface area contributed by atoms with Crippen LogP contribution in [0.25, 0.3) is 0 Å². The van der Waals surface area contributed by atoms with Crippen LogP contribution >= 0.6 is 7.82 Å². The number of rotatable bonds is 39. The van der Waals surface area contributed by atoms with Gasteiger partial charge in [0, 0.05) is 12.8 Å². The smallest absolute Gasteiger partial charge is 0.306 e. The number of esters is 1.